The van der Waals surface area contributed by atoms with Crippen molar-refractivity contribution in [1.29, 1.82) is 0 Å². The Labute approximate surface area is 167 Å². The summed E-state index contributed by atoms with van der Waals surface area (Å²) in [5, 5.41) is 0. The van der Waals surface area contributed by atoms with E-state index in [9.17, 15) is 0 Å². The predicted octanol–water partition coefficient (Wildman–Crippen LogP) is 4.07. The van der Waals surface area contributed by atoms with E-state index in [0.717, 1.165) is 0 Å². The van der Waals surface area contributed by atoms with Gasteiger partial charge in [0, 0.05) is 0 Å². The number of nitrogens with zero attached hydrogens (tertiary/aromatic N) is 1. The molecule has 0 aromatic rings. The van der Waals surface area contributed by atoms with Gasteiger partial charge >= 0.3 is 41.5 Å². The summed E-state index contributed by atoms with van der Waals surface area (Å²) in [6.45, 7) is 15.0. The van der Waals surface area contributed by atoms with E-state index < -0.39 is 11.2 Å². The van der Waals surface area contributed by atoms with Crippen molar-refractivity contribution in [1.82, 2.24) is 0 Å². The van der Waals surface area contributed by atoms with E-state index in [2.05, 4.69) is 27.7 Å². The van der Waals surface area contributed by atoms with Gasteiger partial charge in [0.2, 0.25) is 0 Å². The van der Waals surface area contributed by atoms with Crippen molar-refractivity contribution >= 4 is 30.3 Å². The van der Waals surface area contributed by atoms with E-state index in [1.165, 1.54) is 82.0 Å². The summed E-state index contributed by atoms with van der Waals surface area (Å²) in [5.74, 6) is 0. The van der Waals surface area contributed by atoms with Crippen LogP contribution in [0.5, 0.6) is 0 Å². The van der Waals surface area contributed by atoms with E-state index in [-0.39, 0.29) is 17.0 Å². The van der Waals surface area contributed by atoms with Gasteiger partial charge in [-0.2, -0.15) is 0 Å². The molecule has 0 spiro atoms. The van der Waals surface area contributed by atoms with Crippen molar-refractivity contribution in [3.63, 3.8) is 0 Å². The minimum atomic E-state index is -1.33. The van der Waals surface area contributed by atoms with Gasteiger partial charge < -0.3 is 21.5 Å². The van der Waals surface area contributed by atoms with Crippen LogP contribution in [0.15, 0.2) is 0 Å². The van der Waals surface area contributed by atoms with Crippen LogP contribution in [0.25, 0.3) is 0 Å². The van der Waals surface area contributed by atoms with Gasteiger partial charge in [0.15, 0.2) is 0 Å². The molecule has 0 radical (unpaired) electrons. The van der Waals surface area contributed by atoms with Gasteiger partial charge in [0.1, 0.15) is 0 Å². The predicted molar refractivity (Wildman–Crippen MR) is 96.9 cm³/mol. The fourth-order valence-electron chi connectivity index (χ4n) is 2.64. The zero-order valence-electron chi connectivity index (χ0n) is 14.8. The second kappa shape index (κ2) is 20.9. The first-order valence-corrected chi connectivity index (χ1v) is 13.1. The summed E-state index contributed by atoms with van der Waals surface area (Å²) >= 11 is -1.33. The Bertz CT molecular complexity index is 170. The van der Waals surface area contributed by atoms with Crippen molar-refractivity contribution in [2.75, 3.05) is 26.2 Å². The SMILES string of the molecule is CCCC[N+](CCCC)(CCCC)CCCC.[Br-].[Cl][Fe]([Cl])[Cl]. The topological polar surface area (TPSA) is 0 Å². The number of unbranched alkanes of at least 4 members (excludes halogenated alkanes) is 4. The first-order chi connectivity index (χ1) is 9.97. The van der Waals surface area contributed by atoms with E-state index in [0.29, 0.717) is 0 Å². The number of halogens is 4. The zero-order valence-corrected chi connectivity index (χ0v) is 19.8. The van der Waals surface area contributed by atoms with Gasteiger partial charge in [-0.25, -0.2) is 0 Å². The summed E-state index contributed by atoms with van der Waals surface area (Å²) in [4.78, 5) is 0. The van der Waals surface area contributed by atoms with Gasteiger partial charge in [0.05, 0.1) is 26.2 Å². The van der Waals surface area contributed by atoms with Crippen LogP contribution in [0.1, 0.15) is 79.1 Å². The van der Waals surface area contributed by atoms with Crippen molar-refractivity contribution in [3.05, 3.63) is 0 Å². The van der Waals surface area contributed by atoms with E-state index in [1.54, 1.807) is 0 Å². The number of hydrogen-bond donors (Lipinski definition) is 0. The minimum absolute atomic E-state index is 0. The summed E-state index contributed by atoms with van der Waals surface area (Å²) in [6, 6.07) is 0. The molecule has 0 atom stereocenters. The Morgan fingerprint density at radius 2 is 0.773 bits per heavy atom. The Kier molecular flexibility index (Phi) is 27.2. The normalized spacial score (nSPS) is 11.3. The maximum absolute atomic E-state index is 4.89. The Morgan fingerprint density at radius 3 is 0.909 bits per heavy atom. The molecule has 0 unspecified atom stereocenters. The molecule has 0 aliphatic carbocycles. The van der Waals surface area contributed by atoms with Gasteiger partial charge in [-0.05, 0) is 25.7 Å². The molecule has 0 rings (SSSR count). The monoisotopic (exact) mass is 482 g/mol. The van der Waals surface area contributed by atoms with Gasteiger partial charge in [-0.15, -0.1) is 0 Å². The first-order valence-electron chi connectivity index (χ1n) is 8.49. The molecule has 0 saturated carbocycles. The molecule has 141 valence electrons. The molecule has 0 aliphatic heterocycles. The molecular formula is C16H36BrCl3FeN. The standard InChI is InChI=1S/C16H36N.BrH.3ClH.Fe/c1-5-9-13-17(14-10-6-2,15-11-7-3)16-12-8-4;;;;;/h5-16H2,1-4H3;4*1H;/q+1;;;;;+3/p-4. The molecule has 1 nitrogen and oxygen atoms in total. The van der Waals surface area contributed by atoms with Crippen molar-refractivity contribution in [2.45, 2.75) is 79.1 Å². The van der Waals surface area contributed by atoms with Crippen molar-refractivity contribution < 1.29 is 32.6 Å². The van der Waals surface area contributed by atoms with Crippen LogP contribution < -0.4 is 17.0 Å². The van der Waals surface area contributed by atoms with Crippen molar-refractivity contribution in [2.24, 2.45) is 0 Å². The molecule has 0 aromatic heterocycles. The van der Waals surface area contributed by atoms with Crippen LogP contribution in [0, 0.1) is 0 Å². The molecule has 0 saturated heterocycles. The number of rotatable bonds is 12. The first kappa shape index (κ1) is 28.6. The fraction of sp³-hybridized carbons (Fsp3) is 1.00. The number of hydrogen-bond acceptors (Lipinski definition) is 0. The van der Waals surface area contributed by atoms with Gasteiger partial charge in [0.25, 0.3) is 0 Å². The van der Waals surface area contributed by atoms with Crippen LogP contribution >= 0.6 is 30.3 Å². The van der Waals surface area contributed by atoms with Crippen LogP contribution in [0.4, 0.5) is 0 Å². The second-order valence-corrected chi connectivity index (χ2v) is 11.3. The second-order valence-electron chi connectivity index (χ2n) is 5.80. The molecule has 22 heavy (non-hydrogen) atoms. The summed E-state index contributed by atoms with van der Waals surface area (Å²) in [5.41, 5.74) is 0. The molecule has 0 heterocycles. The molecule has 0 amide bonds. The average Bonchev–Trinajstić information content (AvgIpc) is 2.45. The Balaban J connectivity index is -0.000000640. The molecule has 6 heteroatoms. The molecule has 0 bridgehead atoms. The summed E-state index contributed by atoms with van der Waals surface area (Å²) in [7, 11) is 14.7. The van der Waals surface area contributed by atoms with Gasteiger partial charge in [-0.3, -0.25) is 0 Å². The molecule has 0 N–H and O–H groups in total. The summed E-state index contributed by atoms with van der Waals surface area (Å²) < 4.78 is 1.42. The van der Waals surface area contributed by atoms with E-state index in [4.69, 9.17) is 30.3 Å². The van der Waals surface area contributed by atoms with Crippen LogP contribution in [-0.4, -0.2) is 30.7 Å². The van der Waals surface area contributed by atoms with Gasteiger partial charge in [-0.1, -0.05) is 53.4 Å². The third kappa shape index (κ3) is 19.9. The van der Waals surface area contributed by atoms with Crippen LogP contribution in [-0.2, 0) is 11.2 Å². The Hall–Kier alpha value is 1.83. The average molecular weight is 485 g/mol. The quantitative estimate of drug-likeness (QED) is 0.289. The van der Waals surface area contributed by atoms with Crippen molar-refractivity contribution in [3.8, 4) is 0 Å². The maximum atomic E-state index is 4.89. The zero-order chi connectivity index (χ0) is 16.6. The molecule has 0 aromatic carbocycles. The number of quaternary nitrogens is 1. The third-order valence-corrected chi connectivity index (χ3v) is 3.94. The molecule has 0 aliphatic rings. The van der Waals surface area contributed by atoms with Crippen LogP contribution in [0.2, 0.25) is 0 Å². The van der Waals surface area contributed by atoms with E-state index in [1.807, 2.05) is 0 Å². The summed E-state index contributed by atoms with van der Waals surface area (Å²) in [6.07, 6.45) is 11.1. The third-order valence-electron chi connectivity index (χ3n) is 3.94. The van der Waals surface area contributed by atoms with E-state index >= 15 is 0 Å². The molecular weight excluding hydrogens is 448 g/mol. The fourth-order valence-corrected chi connectivity index (χ4v) is 2.64. The Morgan fingerprint density at radius 1 is 0.591 bits per heavy atom. The molecule has 0 fully saturated rings. The van der Waals surface area contributed by atoms with Crippen LogP contribution in [0.3, 0.4) is 0 Å².